The maximum Gasteiger partial charge on any atom is 0.0120 e. The summed E-state index contributed by atoms with van der Waals surface area (Å²) >= 11 is 0. The first-order valence-corrected chi connectivity index (χ1v) is 13.0. The first kappa shape index (κ1) is 27.9. The lowest BCUT2D eigenvalue weighted by Crippen LogP contribution is -2.47. The minimum Gasteiger partial charge on any atom is -0.314 e. The van der Waals surface area contributed by atoms with Gasteiger partial charge in [0.05, 0.1) is 0 Å². The smallest absolute Gasteiger partial charge is 0.0120 e. The van der Waals surface area contributed by atoms with Crippen LogP contribution in [0, 0.1) is 23.7 Å². The van der Waals surface area contributed by atoms with Crippen LogP contribution in [0.1, 0.15) is 113 Å². The van der Waals surface area contributed by atoms with Crippen molar-refractivity contribution >= 4 is 0 Å². The van der Waals surface area contributed by atoms with E-state index in [0.29, 0.717) is 0 Å². The van der Waals surface area contributed by atoms with Crippen LogP contribution in [0.2, 0.25) is 0 Å². The van der Waals surface area contributed by atoms with Gasteiger partial charge in [-0.2, -0.15) is 0 Å². The molecule has 1 heterocycles. The lowest BCUT2D eigenvalue weighted by molar-refractivity contribution is 0.107. The molecule has 28 heavy (non-hydrogen) atoms. The fourth-order valence-electron chi connectivity index (χ4n) is 5.92. The molecule has 2 nitrogen and oxygen atoms in total. The SMILES string of the molecule is CC.CC.CCC1C(C)CCCC1N(C)C.CCC1CCNC2CCCCC12. The molecule has 0 aromatic heterocycles. The van der Waals surface area contributed by atoms with Crippen LogP contribution in [0.5, 0.6) is 0 Å². The highest BCUT2D eigenvalue weighted by atomic mass is 15.1. The zero-order chi connectivity index (χ0) is 21.5. The Kier molecular flexibility index (Phi) is 16.6. The molecule has 1 aliphatic heterocycles. The van der Waals surface area contributed by atoms with E-state index in [2.05, 4.69) is 45.1 Å². The number of hydrogen-bond acceptors (Lipinski definition) is 2. The van der Waals surface area contributed by atoms with Gasteiger partial charge in [-0.15, -0.1) is 0 Å². The van der Waals surface area contributed by atoms with E-state index in [1.807, 2.05) is 27.7 Å². The van der Waals surface area contributed by atoms with Crippen molar-refractivity contribution in [2.24, 2.45) is 23.7 Å². The summed E-state index contributed by atoms with van der Waals surface area (Å²) in [7, 11) is 4.46. The standard InChI is InChI=1S/C11H21N.C11H23N.2C2H6/c1-2-9-7-8-12-11-6-4-3-5-10(9)11;1-5-10-9(2)7-6-8-11(10)12(3)4;2*1-2/h9-12H,2-8H2,1H3;9-11H,5-8H2,1-4H3;2*1-2H3. The summed E-state index contributed by atoms with van der Waals surface area (Å²) in [5.74, 6) is 3.94. The third-order valence-corrected chi connectivity index (χ3v) is 7.39. The summed E-state index contributed by atoms with van der Waals surface area (Å²) in [4.78, 5) is 2.42. The topological polar surface area (TPSA) is 15.3 Å². The molecule has 2 aliphatic carbocycles. The normalized spacial score (nSPS) is 34.5. The maximum atomic E-state index is 3.69. The Hall–Kier alpha value is -0.0800. The Morgan fingerprint density at radius 3 is 1.96 bits per heavy atom. The molecule has 3 rings (SSSR count). The lowest BCUT2D eigenvalue weighted by atomic mass is 9.72. The second-order valence-electron chi connectivity index (χ2n) is 8.98. The van der Waals surface area contributed by atoms with Crippen LogP contribution in [0.25, 0.3) is 0 Å². The molecular weight excluding hydrogens is 340 g/mol. The van der Waals surface area contributed by atoms with Gasteiger partial charge in [0.25, 0.3) is 0 Å². The molecule has 0 bridgehead atoms. The van der Waals surface area contributed by atoms with Crippen molar-refractivity contribution in [1.29, 1.82) is 0 Å². The average molecular weight is 397 g/mol. The van der Waals surface area contributed by atoms with Gasteiger partial charge in [-0.05, 0) is 70.0 Å². The van der Waals surface area contributed by atoms with Crippen LogP contribution < -0.4 is 5.32 Å². The third kappa shape index (κ3) is 8.74. The number of piperidine rings is 1. The molecule has 2 heteroatoms. The Balaban J connectivity index is 0.000000443. The number of nitrogens with zero attached hydrogens (tertiary/aromatic N) is 1. The molecule has 3 fully saturated rings. The monoisotopic (exact) mass is 396 g/mol. The summed E-state index contributed by atoms with van der Waals surface area (Å²) in [5.41, 5.74) is 0. The molecular formula is C26H56N2. The van der Waals surface area contributed by atoms with Gasteiger partial charge in [0, 0.05) is 12.1 Å². The van der Waals surface area contributed by atoms with Gasteiger partial charge in [0.2, 0.25) is 0 Å². The fourth-order valence-corrected chi connectivity index (χ4v) is 5.92. The molecule has 2 saturated carbocycles. The minimum atomic E-state index is 0.846. The van der Waals surface area contributed by atoms with Crippen LogP contribution >= 0.6 is 0 Å². The molecule has 6 unspecified atom stereocenters. The van der Waals surface area contributed by atoms with Gasteiger partial charge < -0.3 is 10.2 Å². The highest BCUT2D eigenvalue weighted by Gasteiger charge is 2.33. The minimum absolute atomic E-state index is 0.846. The molecule has 0 radical (unpaired) electrons. The Morgan fingerprint density at radius 2 is 1.43 bits per heavy atom. The van der Waals surface area contributed by atoms with Crippen molar-refractivity contribution in [2.75, 3.05) is 20.6 Å². The van der Waals surface area contributed by atoms with Crippen molar-refractivity contribution in [1.82, 2.24) is 10.2 Å². The molecule has 1 N–H and O–H groups in total. The zero-order valence-electron chi connectivity index (χ0n) is 21.2. The largest absolute Gasteiger partial charge is 0.314 e. The van der Waals surface area contributed by atoms with E-state index in [4.69, 9.17) is 0 Å². The average Bonchev–Trinajstić information content (AvgIpc) is 2.76. The van der Waals surface area contributed by atoms with Gasteiger partial charge in [-0.3, -0.25) is 0 Å². The molecule has 0 aromatic rings. The second kappa shape index (κ2) is 16.7. The highest BCUT2D eigenvalue weighted by molar-refractivity contribution is 4.89. The van der Waals surface area contributed by atoms with Crippen molar-refractivity contribution < 1.29 is 0 Å². The second-order valence-corrected chi connectivity index (χ2v) is 8.98. The zero-order valence-corrected chi connectivity index (χ0v) is 21.2. The lowest BCUT2D eigenvalue weighted by Gasteiger charge is -2.41. The molecule has 6 atom stereocenters. The summed E-state index contributed by atoms with van der Waals surface area (Å²) in [6, 6.07) is 1.73. The number of hydrogen-bond donors (Lipinski definition) is 1. The van der Waals surface area contributed by atoms with Crippen molar-refractivity contribution in [2.45, 2.75) is 125 Å². The van der Waals surface area contributed by atoms with Crippen LogP contribution in [-0.2, 0) is 0 Å². The van der Waals surface area contributed by atoms with Gasteiger partial charge in [0.1, 0.15) is 0 Å². The van der Waals surface area contributed by atoms with E-state index >= 15 is 0 Å². The van der Waals surface area contributed by atoms with E-state index in [1.165, 1.54) is 70.8 Å². The van der Waals surface area contributed by atoms with Crippen LogP contribution in [0.15, 0.2) is 0 Å². The van der Waals surface area contributed by atoms with E-state index in [9.17, 15) is 0 Å². The highest BCUT2D eigenvalue weighted by Crippen LogP contribution is 2.36. The first-order chi connectivity index (χ1) is 13.6. The predicted molar refractivity (Wildman–Crippen MR) is 129 cm³/mol. The number of fused-ring (bicyclic) bond motifs is 1. The predicted octanol–water partition coefficient (Wildman–Crippen LogP) is 7.38. The number of rotatable bonds is 3. The summed E-state index contributed by atoms with van der Waals surface area (Å²) in [6.45, 7) is 16.4. The quantitative estimate of drug-likeness (QED) is 0.535. The Morgan fingerprint density at radius 1 is 0.786 bits per heavy atom. The molecule has 0 amide bonds. The van der Waals surface area contributed by atoms with Gasteiger partial charge in [0.15, 0.2) is 0 Å². The summed E-state index contributed by atoms with van der Waals surface area (Å²) in [5, 5.41) is 3.69. The van der Waals surface area contributed by atoms with Crippen LogP contribution in [-0.4, -0.2) is 37.6 Å². The van der Waals surface area contributed by atoms with Gasteiger partial charge in [-0.1, -0.05) is 87.0 Å². The van der Waals surface area contributed by atoms with E-state index < -0.39 is 0 Å². The Bertz CT molecular complexity index is 333. The van der Waals surface area contributed by atoms with Crippen molar-refractivity contribution in [3.8, 4) is 0 Å². The summed E-state index contributed by atoms with van der Waals surface area (Å²) in [6.07, 6.45) is 14.4. The molecule has 170 valence electrons. The van der Waals surface area contributed by atoms with Crippen molar-refractivity contribution in [3.63, 3.8) is 0 Å². The van der Waals surface area contributed by atoms with Crippen molar-refractivity contribution in [3.05, 3.63) is 0 Å². The first-order valence-electron chi connectivity index (χ1n) is 13.0. The van der Waals surface area contributed by atoms with E-state index in [1.54, 1.807) is 0 Å². The molecule has 3 aliphatic rings. The Labute approximate surface area is 179 Å². The molecule has 0 aromatic carbocycles. The van der Waals surface area contributed by atoms with E-state index in [0.717, 1.165) is 35.8 Å². The van der Waals surface area contributed by atoms with E-state index in [-0.39, 0.29) is 0 Å². The number of nitrogens with one attached hydrogen (secondary N) is 1. The maximum absolute atomic E-state index is 3.69. The van der Waals surface area contributed by atoms with Gasteiger partial charge in [-0.25, -0.2) is 0 Å². The van der Waals surface area contributed by atoms with Crippen LogP contribution in [0.4, 0.5) is 0 Å². The van der Waals surface area contributed by atoms with Gasteiger partial charge >= 0.3 is 0 Å². The fraction of sp³-hybridized carbons (Fsp3) is 1.00. The molecule has 0 spiro atoms. The van der Waals surface area contributed by atoms with Crippen LogP contribution in [0.3, 0.4) is 0 Å². The molecule has 1 saturated heterocycles. The summed E-state index contributed by atoms with van der Waals surface area (Å²) < 4.78 is 0. The third-order valence-electron chi connectivity index (χ3n) is 7.39.